The first-order valence-corrected chi connectivity index (χ1v) is 4.27. The lowest BCUT2D eigenvalue weighted by Gasteiger charge is -2.05. The van der Waals surface area contributed by atoms with Crippen LogP contribution in [0.25, 0.3) is 11.1 Å². The molecule has 0 amide bonds. The fourth-order valence-electron chi connectivity index (χ4n) is 1.34. The highest BCUT2D eigenvalue weighted by Gasteiger charge is 2.03. The Bertz CT molecular complexity index is 421. The van der Waals surface area contributed by atoms with Crippen molar-refractivity contribution >= 4 is 5.69 Å². The maximum absolute atomic E-state index is 5.78. The van der Waals surface area contributed by atoms with Crippen LogP contribution in [0, 0.1) is 0 Å². The second-order valence-corrected chi connectivity index (χ2v) is 2.97. The lowest BCUT2D eigenvalue weighted by atomic mass is 10.1. The molecule has 0 spiro atoms. The summed E-state index contributed by atoms with van der Waals surface area (Å²) in [5.74, 6) is 0.692. The molecule has 0 aliphatic carbocycles. The van der Waals surface area contributed by atoms with E-state index in [1.54, 1.807) is 19.6 Å². The maximum atomic E-state index is 5.78. The predicted octanol–water partition coefficient (Wildman–Crippen LogP) is 2.54. The Morgan fingerprint density at radius 3 is 2.64 bits per heavy atom. The largest absolute Gasteiger partial charge is 0.495 e. The molecule has 0 atom stereocenters. The minimum Gasteiger partial charge on any atom is -0.495 e. The number of benzene rings is 1. The summed E-state index contributed by atoms with van der Waals surface area (Å²) < 4.78 is 10.1. The molecule has 2 aromatic rings. The predicted molar refractivity (Wildman–Crippen MR) is 55.1 cm³/mol. The molecule has 0 aliphatic rings. The Balaban J connectivity index is 2.43. The van der Waals surface area contributed by atoms with Gasteiger partial charge in [-0.1, -0.05) is 6.07 Å². The van der Waals surface area contributed by atoms with Crippen molar-refractivity contribution in [2.45, 2.75) is 0 Å². The third-order valence-corrected chi connectivity index (χ3v) is 2.08. The highest BCUT2D eigenvalue weighted by Crippen LogP contribution is 2.28. The number of methoxy groups -OCH3 is 1. The molecule has 1 heterocycles. The summed E-state index contributed by atoms with van der Waals surface area (Å²) in [5, 5.41) is 0. The summed E-state index contributed by atoms with van der Waals surface area (Å²) in [4.78, 5) is 0. The van der Waals surface area contributed by atoms with Crippen LogP contribution < -0.4 is 10.5 Å². The van der Waals surface area contributed by atoms with E-state index in [9.17, 15) is 0 Å². The number of nitrogens with two attached hydrogens (primary N) is 1. The van der Waals surface area contributed by atoms with E-state index in [2.05, 4.69) is 0 Å². The quantitative estimate of drug-likeness (QED) is 0.738. The minimum atomic E-state index is 0.631. The first-order valence-electron chi connectivity index (χ1n) is 4.27. The van der Waals surface area contributed by atoms with Gasteiger partial charge in [0.2, 0.25) is 0 Å². The van der Waals surface area contributed by atoms with E-state index in [1.807, 2.05) is 24.3 Å². The lowest BCUT2D eigenvalue weighted by molar-refractivity contribution is 0.417. The van der Waals surface area contributed by atoms with Crippen molar-refractivity contribution in [1.29, 1.82) is 0 Å². The number of furan rings is 1. The third-order valence-electron chi connectivity index (χ3n) is 2.08. The summed E-state index contributed by atoms with van der Waals surface area (Å²) in [6, 6.07) is 7.54. The highest BCUT2D eigenvalue weighted by molar-refractivity contribution is 5.69. The van der Waals surface area contributed by atoms with Gasteiger partial charge in [0.05, 0.1) is 25.3 Å². The van der Waals surface area contributed by atoms with E-state index >= 15 is 0 Å². The van der Waals surface area contributed by atoms with Crippen molar-refractivity contribution in [1.82, 2.24) is 0 Å². The zero-order valence-electron chi connectivity index (χ0n) is 7.86. The van der Waals surface area contributed by atoms with Crippen LogP contribution >= 0.6 is 0 Å². The second kappa shape index (κ2) is 3.46. The third kappa shape index (κ3) is 1.44. The summed E-state index contributed by atoms with van der Waals surface area (Å²) in [7, 11) is 1.60. The van der Waals surface area contributed by atoms with Crippen LogP contribution in [0.5, 0.6) is 5.75 Å². The zero-order chi connectivity index (χ0) is 9.97. The summed E-state index contributed by atoms with van der Waals surface area (Å²) in [5.41, 5.74) is 8.45. The second-order valence-electron chi connectivity index (χ2n) is 2.97. The van der Waals surface area contributed by atoms with E-state index in [-0.39, 0.29) is 0 Å². The number of rotatable bonds is 2. The van der Waals surface area contributed by atoms with Gasteiger partial charge in [-0.15, -0.1) is 0 Å². The number of nitrogen functional groups attached to an aromatic ring is 1. The van der Waals surface area contributed by atoms with Gasteiger partial charge in [-0.2, -0.15) is 0 Å². The van der Waals surface area contributed by atoms with Gasteiger partial charge in [0.15, 0.2) is 0 Å². The molecule has 3 nitrogen and oxygen atoms in total. The van der Waals surface area contributed by atoms with Gasteiger partial charge in [0.1, 0.15) is 5.75 Å². The maximum Gasteiger partial charge on any atom is 0.141 e. The average molecular weight is 189 g/mol. The van der Waals surface area contributed by atoms with Crippen molar-refractivity contribution in [2.24, 2.45) is 0 Å². The van der Waals surface area contributed by atoms with E-state index < -0.39 is 0 Å². The Kier molecular flexibility index (Phi) is 2.14. The molecule has 1 aromatic carbocycles. The highest BCUT2D eigenvalue weighted by atomic mass is 16.5. The number of hydrogen-bond donors (Lipinski definition) is 1. The van der Waals surface area contributed by atoms with Crippen molar-refractivity contribution in [3.05, 3.63) is 36.8 Å². The SMILES string of the molecule is COc1ccc(-c2ccoc2)cc1N. The molecular weight excluding hydrogens is 178 g/mol. The van der Waals surface area contributed by atoms with E-state index in [0.29, 0.717) is 11.4 Å². The van der Waals surface area contributed by atoms with Gasteiger partial charge >= 0.3 is 0 Å². The molecule has 0 saturated carbocycles. The van der Waals surface area contributed by atoms with Crippen LogP contribution in [-0.2, 0) is 0 Å². The molecule has 0 unspecified atom stereocenters. The van der Waals surface area contributed by atoms with Crippen molar-refractivity contribution in [3.63, 3.8) is 0 Å². The lowest BCUT2D eigenvalue weighted by Crippen LogP contribution is -1.92. The fourth-order valence-corrected chi connectivity index (χ4v) is 1.34. The van der Waals surface area contributed by atoms with Crippen molar-refractivity contribution in [3.8, 4) is 16.9 Å². The Labute approximate surface area is 82.1 Å². The van der Waals surface area contributed by atoms with Crippen molar-refractivity contribution in [2.75, 3.05) is 12.8 Å². The normalized spacial score (nSPS) is 10.1. The first kappa shape index (κ1) is 8.69. The number of anilines is 1. The van der Waals surface area contributed by atoms with Crippen LogP contribution in [0.15, 0.2) is 41.2 Å². The molecular formula is C11H11NO2. The fraction of sp³-hybridized carbons (Fsp3) is 0.0909. The summed E-state index contributed by atoms with van der Waals surface area (Å²) in [6.45, 7) is 0. The molecule has 0 bridgehead atoms. The van der Waals surface area contributed by atoms with Gasteiger partial charge < -0.3 is 14.9 Å². The molecule has 0 radical (unpaired) electrons. The van der Waals surface area contributed by atoms with Crippen LogP contribution in [-0.4, -0.2) is 7.11 Å². The monoisotopic (exact) mass is 189 g/mol. The van der Waals surface area contributed by atoms with E-state index in [4.69, 9.17) is 14.9 Å². The van der Waals surface area contributed by atoms with Gasteiger partial charge in [0, 0.05) is 5.56 Å². The molecule has 0 fully saturated rings. The average Bonchev–Trinajstić information content (AvgIpc) is 2.70. The van der Waals surface area contributed by atoms with E-state index in [0.717, 1.165) is 11.1 Å². The topological polar surface area (TPSA) is 48.4 Å². The minimum absolute atomic E-state index is 0.631. The van der Waals surface area contributed by atoms with Crippen LogP contribution in [0.2, 0.25) is 0 Å². The molecule has 2 rings (SSSR count). The summed E-state index contributed by atoms with van der Waals surface area (Å²) in [6.07, 6.45) is 3.32. The smallest absolute Gasteiger partial charge is 0.141 e. The molecule has 14 heavy (non-hydrogen) atoms. The van der Waals surface area contributed by atoms with Crippen LogP contribution in [0.4, 0.5) is 5.69 Å². The van der Waals surface area contributed by atoms with Gasteiger partial charge in [-0.25, -0.2) is 0 Å². The van der Waals surface area contributed by atoms with E-state index in [1.165, 1.54) is 0 Å². The number of ether oxygens (including phenoxy) is 1. The molecule has 72 valence electrons. The molecule has 1 aromatic heterocycles. The molecule has 0 aliphatic heterocycles. The van der Waals surface area contributed by atoms with Gasteiger partial charge in [-0.05, 0) is 23.8 Å². The molecule has 2 N–H and O–H groups in total. The van der Waals surface area contributed by atoms with Crippen LogP contribution in [0.3, 0.4) is 0 Å². The molecule has 3 heteroatoms. The Morgan fingerprint density at radius 1 is 1.21 bits per heavy atom. The van der Waals surface area contributed by atoms with Crippen molar-refractivity contribution < 1.29 is 9.15 Å². The summed E-state index contributed by atoms with van der Waals surface area (Å²) >= 11 is 0. The van der Waals surface area contributed by atoms with Crippen LogP contribution in [0.1, 0.15) is 0 Å². The first-order chi connectivity index (χ1) is 6.81. The Hall–Kier alpha value is -1.90. The van der Waals surface area contributed by atoms with Gasteiger partial charge in [-0.3, -0.25) is 0 Å². The number of hydrogen-bond acceptors (Lipinski definition) is 3. The molecule has 0 saturated heterocycles. The Morgan fingerprint density at radius 2 is 2.07 bits per heavy atom. The standard InChI is InChI=1S/C11H11NO2/c1-13-11-3-2-8(6-10(11)12)9-4-5-14-7-9/h2-7H,12H2,1H3. The van der Waals surface area contributed by atoms with Gasteiger partial charge in [0.25, 0.3) is 0 Å². The zero-order valence-corrected chi connectivity index (χ0v) is 7.86.